The zero-order valence-electron chi connectivity index (χ0n) is 16.4. The number of carbonyl (C=O) groups is 3. The number of ether oxygens (including phenoxy) is 1. The highest BCUT2D eigenvalue weighted by Crippen LogP contribution is 2.50. The summed E-state index contributed by atoms with van der Waals surface area (Å²) in [6, 6.07) is 12.9. The topological polar surface area (TPSA) is 95.9 Å². The molecule has 2 fully saturated rings. The summed E-state index contributed by atoms with van der Waals surface area (Å²) in [4.78, 5) is 40.6. The van der Waals surface area contributed by atoms with Crippen LogP contribution in [-0.2, 0) is 19.1 Å². The maximum absolute atomic E-state index is 13.4. The van der Waals surface area contributed by atoms with Crippen molar-refractivity contribution < 1.29 is 24.2 Å². The molecule has 0 bridgehead atoms. The van der Waals surface area contributed by atoms with Crippen LogP contribution in [0.1, 0.15) is 24.1 Å². The molecule has 4 atom stereocenters. The zero-order chi connectivity index (χ0) is 20.9. The average Bonchev–Trinajstić information content (AvgIpc) is 3.17. The first-order valence-corrected chi connectivity index (χ1v) is 9.37. The molecule has 0 unspecified atom stereocenters. The van der Waals surface area contributed by atoms with Crippen LogP contribution in [0.3, 0.4) is 0 Å². The van der Waals surface area contributed by atoms with Crippen molar-refractivity contribution >= 4 is 23.5 Å². The highest BCUT2D eigenvalue weighted by Gasteiger charge is 2.67. The summed E-state index contributed by atoms with van der Waals surface area (Å²) in [7, 11) is 1.26. The lowest BCUT2D eigenvalue weighted by atomic mass is 9.80. The Balaban J connectivity index is 1.81. The van der Waals surface area contributed by atoms with Crippen molar-refractivity contribution in [2.24, 2.45) is 11.8 Å². The molecule has 7 nitrogen and oxygen atoms in total. The summed E-state index contributed by atoms with van der Waals surface area (Å²) in [6.07, 6.45) is 0. The Kier molecular flexibility index (Phi) is 4.42. The average molecular weight is 394 g/mol. The second kappa shape index (κ2) is 6.70. The van der Waals surface area contributed by atoms with Gasteiger partial charge in [0.05, 0.1) is 24.6 Å². The summed E-state index contributed by atoms with van der Waals surface area (Å²) in [5, 5.41) is 12.8. The van der Waals surface area contributed by atoms with Crippen molar-refractivity contribution in [2.75, 3.05) is 12.0 Å². The van der Waals surface area contributed by atoms with Crippen molar-refractivity contribution in [3.05, 3.63) is 59.7 Å². The van der Waals surface area contributed by atoms with Crippen LogP contribution in [-0.4, -0.2) is 35.5 Å². The van der Waals surface area contributed by atoms with Gasteiger partial charge < -0.3 is 9.84 Å². The molecular formula is C22H22N2O5. The Morgan fingerprint density at radius 2 is 1.69 bits per heavy atom. The SMILES string of the molecule is COC(=O)[C@]1(C)N[C@H](c2ccc(O)cc2)[C@H]2C(=O)N(c3ccc(C)cc3)C(=O)[C@H]21. The smallest absolute Gasteiger partial charge is 0.326 e. The number of methoxy groups -OCH3 is 1. The number of phenols is 1. The maximum atomic E-state index is 13.4. The van der Waals surface area contributed by atoms with Gasteiger partial charge in [-0.15, -0.1) is 0 Å². The van der Waals surface area contributed by atoms with Gasteiger partial charge in [-0.2, -0.15) is 0 Å². The number of benzene rings is 2. The van der Waals surface area contributed by atoms with Gasteiger partial charge in [0.1, 0.15) is 11.3 Å². The summed E-state index contributed by atoms with van der Waals surface area (Å²) in [5.74, 6) is -2.96. The highest BCUT2D eigenvalue weighted by atomic mass is 16.5. The molecule has 2 aliphatic rings. The first-order valence-electron chi connectivity index (χ1n) is 9.37. The van der Waals surface area contributed by atoms with Crippen molar-refractivity contribution in [3.8, 4) is 5.75 Å². The molecule has 2 aromatic carbocycles. The second-order valence-electron chi connectivity index (χ2n) is 7.76. The van der Waals surface area contributed by atoms with E-state index in [4.69, 9.17) is 4.74 Å². The lowest BCUT2D eigenvalue weighted by Crippen LogP contribution is -2.54. The lowest BCUT2D eigenvalue weighted by Gasteiger charge is -2.28. The van der Waals surface area contributed by atoms with E-state index in [1.807, 2.05) is 19.1 Å². The van der Waals surface area contributed by atoms with Crippen molar-refractivity contribution in [2.45, 2.75) is 25.4 Å². The molecule has 2 amide bonds. The normalized spacial score (nSPS) is 28.5. The number of hydrogen-bond acceptors (Lipinski definition) is 6. The third kappa shape index (κ3) is 2.81. The van der Waals surface area contributed by atoms with E-state index < -0.39 is 35.3 Å². The number of nitrogens with one attached hydrogen (secondary N) is 1. The number of hydrogen-bond donors (Lipinski definition) is 2. The first kappa shape index (κ1) is 19.1. The highest BCUT2D eigenvalue weighted by molar-refractivity contribution is 6.24. The minimum Gasteiger partial charge on any atom is -0.508 e. The molecule has 2 saturated heterocycles. The number of amides is 2. The van der Waals surface area contributed by atoms with Crippen LogP contribution in [0.15, 0.2) is 48.5 Å². The largest absolute Gasteiger partial charge is 0.508 e. The first-order chi connectivity index (χ1) is 13.8. The molecule has 2 N–H and O–H groups in total. The fourth-order valence-corrected chi connectivity index (χ4v) is 4.46. The number of aryl methyl sites for hydroxylation is 1. The Hall–Kier alpha value is -3.19. The van der Waals surface area contributed by atoms with Gasteiger partial charge in [-0.25, -0.2) is 4.90 Å². The molecule has 2 aliphatic heterocycles. The van der Waals surface area contributed by atoms with Crippen LogP contribution < -0.4 is 10.2 Å². The molecule has 29 heavy (non-hydrogen) atoms. The van der Waals surface area contributed by atoms with E-state index in [1.165, 1.54) is 24.1 Å². The van der Waals surface area contributed by atoms with Crippen LogP contribution >= 0.6 is 0 Å². The molecule has 0 saturated carbocycles. The predicted octanol–water partition coefficient (Wildman–Crippen LogP) is 2.08. The second-order valence-corrected chi connectivity index (χ2v) is 7.76. The van der Waals surface area contributed by atoms with E-state index in [-0.39, 0.29) is 11.7 Å². The third-order valence-corrected chi connectivity index (χ3v) is 5.94. The molecule has 0 spiro atoms. The number of esters is 1. The lowest BCUT2D eigenvalue weighted by molar-refractivity contribution is -0.151. The van der Waals surface area contributed by atoms with E-state index in [0.717, 1.165) is 5.56 Å². The van der Waals surface area contributed by atoms with Crippen LogP contribution in [0.4, 0.5) is 5.69 Å². The van der Waals surface area contributed by atoms with Gasteiger partial charge in [0, 0.05) is 6.04 Å². The van der Waals surface area contributed by atoms with Gasteiger partial charge in [-0.3, -0.25) is 19.7 Å². The predicted molar refractivity (Wildman–Crippen MR) is 105 cm³/mol. The summed E-state index contributed by atoms with van der Waals surface area (Å²) < 4.78 is 4.97. The molecule has 0 aliphatic carbocycles. The number of carbonyl (C=O) groups excluding carboxylic acids is 3. The zero-order valence-corrected chi connectivity index (χ0v) is 16.4. The molecule has 2 heterocycles. The van der Waals surface area contributed by atoms with Crippen LogP contribution in [0.2, 0.25) is 0 Å². The monoisotopic (exact) mass is 394 g/mol. The number of anilines is 1. The summed E-state index contributed by atoms with van der Waals surface area (Å²) in [5.41, 5.74) is 0.846. The fourth-order valence-electron chi connectivity index (χ4n) is 4.46. The van der Waals surface area contributed by atoms with Gasteiger partial charge in [0.2, 0.25) is 11.8 Å². The van der Waals surface area contributed by atoms with Gasteiger partial charge in [-0.05, 0) is 43.7 Å². The van der Waals surface area contributed by atoms with E-state index in [1.54, 1.807) is 31.2 Å². The van der Waals surface area contributed by atoms with Crippen LogP contribution in [0.5, 0.6) is 5.75 Å². The van der Waals surface area contributed by atoms with Crippen molar-refractivity contribution in [1.29, 1.82) is 0 Å². The minimum absolute atomic E-state index is 0.0918. The number of nitrogens with zero attached hydrogens (tertiary/aromatic N) is 1. The molecule has 7 heteroatoms. The molecule has 4 rings (SSSR count). The Morgan fingerprint density at radius 3 is 2.28 bits per heavy atom. The Bertz CT molecular complexity index is 985. The van der Waals surface area contributed by atoms with Crippen LogP contribution in [0, 0.1) is 18.8 Å². The van der Waals surface area contributed by atoms with Crippen LogP contribution in [0.25, 0.3) is 0 Å². The summed E-state index contributed by atoms with van der Waals surface area (Å²) in [6.45, 7) is 3.52. The summed E-state index contributed by atoms with van der Waals surface area (Å²) >= 11 is 0. The van der Waals surface area contributed by atoms with Crippen molar-refractivity contribution in [3.63, 3.8) is 0 Å². The Labute approximate surface area is 168 Å². The van der Waals surface area contributed by atoms with Gasteiger partial charge in [-0.1, -0.05) is 29.8 Å². The third-order valence-electron chi connectivity index (χ3n) is 5.94. The number of rotatable bonds is 3. The molecular weight excluding hydrogens is 372 g/mol. The standard InChI is InChI=1S/C22H22N2O5/c1-12-4-8-14(9-5-12)24-19(26)16-17(20(24)27)22(2,21(28)29-3)23-18(16)13-6-10-15(25)11-7-13/h4-11,16-18,23,25H,1-3H3/t16-,17-,18+,22+/m0/s1. The minimum atomic E-state index is -1.35. The van der Waals surface area contributed by atoms with E-state index in [9.17, 15) is 19.5 Å². The van der Waals surface area contributed by atoms with E-state index in [2.05, 4.69) is 5.32 Å². The maximum Gasteiger partial charge on any atom is 0.326 e. The van der Waals surface area contributed by atoms with Gasteiger partial charge >= 0.3 is 5.97 Å². The van der Waals surface area contributed by atoms with E-state index >= 15 is 0 Å². The van der Waals surface area contributed by atoms with Crippen molar-refractivity contribution in [1.82, 2.24) is 5.32 Å². The number of phenolic OH excluding ortho intramolecular Hbond substituents is 1. The molecule has 150 valence electrons. The number of fused-ring (bicyclic) bond motifs is 1. The number of aromatic hydroxyl groups is 1. The quantitative estimate of drug-likeness (QED) is 0.611. The fraction of sp³-hybridized carbons (Fsp3) is 0.318. The Morgan fingerprint density at radius 1 is 1.07 bits per heavy atom. The van der Waals surface area contributed by atoms with Gasteiger partial charge in [0.15, 0.2) is 0 Å². The molecule has 0 radical (unpaired) electrons. The number of imide groups is 1. The molecule has 0 aromatic heterocycles. The van der Waals surface area contributed by atoms with Gasteiger partial charge in [0.25, 0.3) is 0 Å². The van der Waals surface area contributed by atoms with E-state index in [0.29, 0.717) is 11.3 Å². The molecule has 2 aromatic rings.